The summed E-state index contributed by atoms with van der Waals surface area (Å²) in [5, 5.41) is 6.37. The predicted molar refractivity (Wildman–Crippen MR) is 128 cm³/mol. The molecule has 1 aromatic heterocycles. The zero-order valence-electron chi connectivity index (χ0n) is 19.8. The Hall–Kier alpha value is -3.35. The number of halogens is 4. The molecule has 0 saturated carbocycles. The first-order valence-corrected chi connectivity index (χ1v) is 12.3. The van der Waals surface area contributed by atoms with Crippen LogP contribution in [0.1, 0.15) is 58.6 Å². The molecule has 37 heavy (non-hydrogen) atoms. The Morgan fingerprint density at radius 1 is 1.30 bits per heavy atom. The molecule has 5 rings (SSSR count). The topological polar surface area (TPSA) is 102 Å². The van der Waals surface area contributed by atoms with Gasteiger partial charge in [-0.3, -0.25) is 14.4 Å². The maximum atomic E-state index is 14.1. The molecule has 2 aromatic rings. The lowest BCUT2D eigenvalue weighted by molar-refractivity contribution is -0.0655. The minimum Gasteiger partial charge on any atom is -0.491 e. The second kappa shape index (κ2) is 9.19. The number of hydrogen-bond donors (Lipinski definition) is 1. The highest BCUT2D eigenvalue weighted by Gasteiger charge is 2.54. The normalized spacial score (nSPS) is 24.3. The van der Waals surface area contributed by atoms with Gasteiger partial charge in [-0.15, -0.1) is 0 Å². The Kier molecular flexibility index (Phi) is 6.29. The largest absolute Gasteiger partial charge is 0.491 e. The molecule has 4 heterocycles. The summed E-state index contributed by atoms with van der Waals surface area (Å²) in [6.07, 6.45) is 2.85. The number of aromatic nitrogens is 1. The number of hydrogen-bond acceptors (Lipinski definition) is 6. The molecule has 9 nitrogen and oxygen atoms in total. The number of carbonyl (C=O) groups excluding carboxylic acids is 2. The molecule has 0 unspecified atom stereocenters. The Bertz CT molecular complexity index is 1390. The van der Waals surface area contributed by atoms with E-state index in [-0.39, 0.29) is 24.0 Å². The summed E-state index contributed by atoms with van der Waals surface area (Å²) >= 11 is 3.38. The summed E-state index contributed by atoms with van der Waals surface area (Å²) in [6, 6.07) is 0.325. The minimum atomic E-state index is -1.18. The first kappa shape index (κ1) is 25.3. The number of methoxy groups -OCH3 is 1. The van der Waals surface area contributed by atoms with Gasteiger partial charge in [0.05, 0.1) is 13.2 Å². The van der Waals surface area contributed by atoms with Crippen molar-refractivity contribution in [1.82, 2.24) is 14.8 Å². The molecule has 1 spiro atoms. The van der Waals surface area contributed by atoms with Gasteiger partial charge in [0.15, 0.2) is 17.0 Å². The van der Waals surface area contributed by atoms with E-state index in [0.717, 1.165) is 0 Å². The number of rotatable bonds is 4. The summed E-state index contributed by atoms with van der Waals surface area (Å²) in [4.78, 5) is 47.4. The van der Waals surface area contributed by atoms with Crippen LogP contribution in [0.3, 0.4) is 0 Å². The van der Waals surface area contributed by atoms with Crippen LogP contribution in [0.2, 0.25) is 0 Å². The fourth-order valence-electron chi connectivity index (χ4n) is 5.25. The van der Waals surface area contributed by atoms with Gasteiger partial charge in [0, 0.05) is 49.4 Å². The Balaban J connectivity index is 1.58. The first-order valence-electron chi connectivity index (χ1n) is 11.5. The monoisotopic (exact) mass is 582 g/mol. The van der Waals surface area contributed by atoms with Gasteiger partial charge in [0.25, 0.3) is 11.8 Å². The summed E-state index contributed by atoms with van der Waals surface area (Å²) < 4.78 is 48.8. The number of fused-ring (bicyclic) bond motifs is 5. The quantitative estimate of drug-likeness (QED) is 0.596. The Morgan fingerprint density at radius 3 is 2.62 bits per heavy atom. The van der Waals surface area contributed by atoms with Crippen LogP contribution in [0.4, 0.5) is 13.2 Å². The molecule has 0 aliphatic carbocycles. The average Bonchev–Trinajstić information content (AvgIpc) is 3.17. The van der Waals surface area contributed by atoms with Gasteiger partial charge in [-0.2, -0.15) is 0 Å². The van der Waals surface area contributed by atoms with Crippen molar-refractivity contribution in [2.45, 2.75) is 50.4 Å². The van der Waals surface area contributed by atoms with Crippen LogP contribution in [-0.2, 0) is 11.4 Å². The van der Waals surface area contributed by atoms with Crippen molar-refractivity contribution in [2.24, 2.45) is 5.16 Å². The van der Waals surface area contributed by atoms with Gasteiger partial charge in [-0.05, 0) is 35.7 Å². The van der Waals surface area contributed by atoms with Gasteiger partial charge in [-0.25, -0.2) is 13.2 Å². The highest BCUT2D eigenvalue weighted by atomic mass is 79.9. The number of carbonyl (C=O) groups is 2. The highest BCUT2D eigenvalue weighted by molar-refractivity contribution is 9.18. The lowest BCUT2D eigenvalue weighted by atomic mass is 9.86. The first-order chi connectivity index (χ1) is 17.6. The molecular formula is C24H22BrF3N4O5. The van der Waals surface area contributed by atoms with Crippen LogP contribution in [0.15, 0.2) is 28.3 Å². The van der Waals surface area contributed by atoms with E-state index in [9.17, 15) is 27.6 Å². The third kappa shape index (κ3) is 4.09. The lowest BCUT2D eigenvalue weighted by Gasteiger charge is -2.42. The molecule has 1 saturated heterocycles. The summed E-state index contributed by atoms with van der Waals surface area (Å²) in [5.41, 5.74) is -2.67. The maximum absolute atomic E-state index is 14.1. The molecule has 2 amide bonds. The number of nitrogens with zero attached hydrogens (tertiary/aromatic N) is 3. The Labute approximate surface area is 217 Å². The average molecular weight is 583 g/mol. The third-order valence-corrected chi connectivity index (χ3v) is 7.66. The van der Waals surface area contributed by atoms with Crippen LogP contribution in [0.25, 0.3) is 0 Å². The van der Waals surface area contributed by atoms with Crippen LogP contribution in [0.5, 0.6) is 5.75 Å². The van der Waals surface area contributed by atoms with Gasteiger partial charge in [0.1, 0.15) is 27.6 Å². The zero-order valence-corrected chi connectivity index (χ0v) is 21.4. The second-order valence-corrected chi connectivity index (χ2v) is 10.3. The van der Waals surface area contributed by atoms with E-state index in [1.807, 2.05) is 6.92 Å². The van der Waals surface area contributed by atoms with Crippen LogP contribution >= 0.6 is 15.9 Å². The fraction of sp³-hybridized carbons (Fsp3) is 0.417. The molecule has 1 aromatic carbocycles. The van der Waals surface area contributed by atoms with Crippen LogP contribution in [-0.4, -0.2) is 51.2 Å². The van der Waals surface area contributed by atoms with E-state index in [4.69, 9.17) is 9.57 Å². The van der Waals surface area contributed by atoms with Crippen molar-refractivity contribution in [1.29, 1.82) is 0 Å². The van der Waals surface area contributed by atoms with E-state index in [0.29, 0.717) is 36.0 Å². The molecule has 196 valence electrons. The van der Waals surface area contributed by atoms with Crippen LogP contribution < -0.4 is 15.5 Å². The number of ether oxygens (including phenoxy) is 1. The van der Waals surface area contributed by atoms with Crippen molar-refractivity contribution in [3.8, 4) is 5.75 Å². The third-order valence-electron chi connectivity index (χ3n) is 7.24. The van der Waals surface area contributed by atoms with E-state index in [2.05, 4.69) is 26.4 Å². The zero-order chi connectivity index (χ0) is 26.6. The standard InChI is InChI=1S/C24H22BrF3N4O5/c1-11-3-4-24(7-18(25)30-37-24)17-10-31(11)23(35)19-21(36-2)20(33)14(9-32(17)19)22(34)29-8-13-15(27)5-12(26)6-16(13)28/h5-6,9,11,17H,3-4,7-8,10H2,1-2H3,(H,29,34)/t11-,17+,24-/m0/s1. The van der Waals surface area contributed by atoms with E-state index in [1.165, 1.54) is 17.9 Å². The minimum absolute atomic E-state index is 0.0179. The van der Waals surface area contributed by atoms with Gasteiger partial charge in [-0.1, -0.05) is 5.16 Å². The van der Waals surface area contributed by atoms with Crippen molar-refractivity contribution >= 4 is 32.4 Å². The second-order valence-electron chi connectivity index (χ2n) is 9.35. The van der Waals surface area contributed by atoms with Crippen LogP contribution in [0, 0.1) is 17.5 Å². The molecule has 1 fully saturated rings. The van der Waals surface area contributed by atoms with Crippen molar-refractivity contribution < 1.29 is 32.3 Å². The lowest BCUT2D eigenvalue weighted by Crippen LogP contribution is -2.52. The summed E-state index contributed by atoms with van der Waals surface area (Å²) in [7, 11) is 1.22. The molecular weight excluding hydrogens is 561 g/mol. The van der Waals surface area contributed by atoms with E-state index < -0.39 is 64.0 Å². The molecule has 3 aliphatic rings. The number of nitrogens with one attached hydrogen (secondary N) is 1. The molecule has 13 heteroatoms. The van der Waals surface area contributed by atoms with Gasteiger partial charge >= 0.3 is 0 Å². The number of amides is 2. The molecule has 3 atom stereocenters. The number of pyridine rings is 1. The predicted octanol–water partition coefficient (Wildman–Crippen LogP) is 3.25. The number of benzene rings is 1. The molecule has 1 N–H and O–H groups in total. The smallest absolute Gasteiger partial charge is 0.274 e. The fourth-order valence-corrected chi connectivity index (χ4v) is 5.80. The van der Waals surface area contributed by atoms with Gasteiger partial charge < -0.3 is 24.4 Å². The van der Waals surface area contributed by atoms with Crippen molar-refractivity contribution in [2.75, 3.05) is 13.7 Å². The Morgan fingerprint density at radius 2 is 2.00 bits per heavy atom. The number of oxime groups is 1. The maximum Gasteiger partial charge on any atom is 0.274 e. The van der Waals surface area contributed by atoms with E-state index in [1.54, 1.807) is 4.90 Å². The van der Waals surface area contributed by atoms with Crippen molar-refractivity contribution in [3.63, 3.8) is 0 Å². The van der Waals surface area contributed by atoms with E-state index >= 15 is 0 Å². The highest BCUT2D eigenvalue weighted by Crippen LogP contribution is 2.46. The molecule has 3 aliphatic heterocycles. The van der Waals surface area contributed by atoms with Gasteiger partial charge in [0.2, 0.25) is 5.43 Å². The summed E-state index contributed by atoms with van der Waals surface area (Å²) in [6.45, 7) is 1.53. The summed E-state index contributed by atoms with van der Waals surface area (Å²) in [5.74, 6) is -5.15. The molecule has 2 bridgehead atoms. The SMILES string of the molecule is COc1c2n(cc(C(=O)NCc3c(F)cc(F)cc3F)c1=O)[C@@H]1CN(C2=O)[C@@H](C)CC[C@]12CC(Br)=NO2. The molecule has 0 radical (unpaired) electrons. The van der Waals surface area contributed by atoms with Crippen molar-refractivity contribution in [3.05, 3.63) is 62.8 Å².